The van der Waals surface area contributed by atoms with E-state index in [-0.39, 0.29) is 5.69 Å². The van der Waals surface area contributed by atoms with Gasteiger partial charge >= 0.3 is 0 Å². The summed E-state index contributed by atoms with van der Waals surface area (Å²) in [6, 6.07) is 8.53. The van der Waals surface area contributed by atoms with Gasteiger partial charge in [-0.25, -0.2) is 0 Å². The maximum atomic E-state index is 10.7. The molecule has 1 heterocycles. The van der Waals surface area contributed by atoms with Gasteiger partial charge in [0.2, 0.25) is 0 Å². The van der Waals surface area contributed by atoms with E-state index in [4.69, 9.17) is 4.42 Å². The van der Waals surface area contributed by atoms with Crippen LogP contribution in [0.3, 0.4) is 0 Å². The molecule has 2 aromatic rings. The average molecular weight is 246 g/mol. The van der Waals surface area contributed by atoms with Crippen LogP contribution in [0.1, 0.15) is 11.3 Å². The predicted molar refractivity (Wildman–Crippen MR) is 68.3 cm³/mol. The van der Waals surface area contributed by atoms with Gasteiger partial charge < -0.3 is 9.73 Å². The Hall–Kier alpha value is -2.14. The standard InChI is InChI=1S/C13H14N2O3/c1-9-7-10(15(16)17)3-5-12(9)13-6-4-11(18-13)8-14-2/h3-7,14H,8H2,1-2H3. The van der Waals surface area contributed by atoms with E-state index in [1.807, 2.05) is 26.1 Å². The van der Waals surface area contributed by atoms with E-state index in [0.717, 1.165) is 22.6 Å². The minimum Gasteiger partial charge on any atom is -0.460 e. The van der Waals surface area contributed by atoms with E-state index in [2.05, 4.69) is 5.32 Å². The quantitative estimate of drug-likeness (QED) is 0.665. The molecule has 0 fully saturated rings. The summed E-state index contributed by atoms with van der Waals surface area (Å²) in [6.45, 7) is 2.49. The Morgan fingerprint density at radius 3 is 2.72 bits per heavy atom. The summed E-state index contributed by atoms with van der Waals surface area (Å²) in [5.41, 5.74) is 1.80. The number of furan rings is 1. The van der Waals surface area contributed by atoms with Crippen molar-refractivity contribution in [1.82, 2.24) is 5.32 Å². The van der Waals surface area contributed by atoms with Gasteiger partial charge in [-0.05, 0) is 37.7 Å². The molecule has 0 amide bonds. The van der Waals surface area contributed by atoms with Gasteiger partial charge in [0.05, 0.1) is 11.5 Å². The number of nitro groups is 1. The SMILES string of the molecule is CNCc1ccc(-c2ccc([N+](=O)[O-])cc2C)o1. The molecule has 0 spiro atoms. The highest BCUT2D eigenvalue weighted by molar-refractivity contribution is 5.64. The van der Waals surface area contributed by atoms with Crippen molar-refractivity contribution in [1.29, 1.82) is 0 Å². The summed E-state index contributed by atoms with van der Waals surface area (Å²) < 4.78 is 5.66. The van der Waals surface area contributed by atoms with Gasteiger partial charge in [0, 0.05) is 17.7 Å². The minimum absolute atomic E-state index is 0.0956. The molecule has 0 bridgehead atoms. The van der Waals surface area contributed by atoms with Crippen molar-refractivity contribution in [2.45, 2.75) is 13.5 Å². The number of non-ortho nitro benzene ring substituents is 1. The molecule has 5 heteroatoms. The zero-order valence-corrected chi connectivity index (χ0v) is 10.3. The molecule has 5 nitrogen and oxygen atoms in total. The highest BCUT2D eigenvalue weighted by atomic mass is 16.6. The number of hydrogen-bond donors (Lipinski definition) is 1. The van der Waals surface area contributed by atoms with Crippen LogP contribution in [-0.2, 0) is 6.54 Å². The van der Waals surface area contributed by atoms with Gasteiger partial charge in [0.1, 0.15) is 11.5 Å². The summed E-state index contributed by atoms with van der Waals surface area (Å²) in [5, 5.41) is 13.7. The fraction of sp³-hybridized carbons (Fsp3) is 0.231. The first kappa shape index (κ1) is 12.3. The molecule has 0 atom stereocenters. The van der Waals surface area contributed by atoms with E-state index in [9.17, 15) is 10.1 Å². The smallest absolute Gasteiger partial charge is 0.269 e. The van der Waals surface area contributed by atoms with Crippen LogP contribution in [0, 0.1) is 17.0 Å². The summed E-state index contributed by atoms with van der Waals surface area (Å²) >= 11 is 0. The lowest BCUT2D eigenvalue weighted by molar-refractivity contribution is -0.384. The van der Waals surface area contributed by atoms with Crippen molar-refractivity contribution in [3.05, 3.63) is 51.8 Å². The number of nitrogens with zero attached hydrogens (tertiary/aromatic N) is 1. The Morgan fingerprint density at radius 1 is 1.33 bits per heavy atom. The maximum absolute atomic E-state index is 10.7. The van der Waals surface area contributed by atoms with Crippen molar-refractivity contribution in [3.63, 3.8) is 0 Å². The van der Waals surface area contributed by atoms with Crippen LogP contribution in [0.25, 0.3) is 11.3 Å². The third kappa shape index (κ3) is 2.41. The van der Waals surface area contributed by atoms with E-state index < -0.39 is 4.92 Å². The molecule has 0 saturated heterocycles. The predicted octanol–water partition coefficient (Wildman–Crippen LogP) is 2.88. The van der Waals surface area contributed by atoms with Crippen LogP contribution >= 0.6 is 0 Å². The number of hydrogen-bond acceptors (Lipinski definition) is 4. The Kier molecular flexibility index (Phi) is 3.43. The Labute approximate surface area is 105 Å². The van der Waals surface area contributed by atoms with Crippen LogP contribution in [0.4, 0.5) is 5.69 Å². The lowest BCUT2D eigenvalue weighted by Gasteiger charge is -2.02. The molecule has 0 saturated carbocycles. The molecular weight excluding hydrogens is 232 g/mol. The zero-order valence-electron chi connectivity index (χ0n) is 10.3. The van der Waals surface area contributed by atoms with Crippen molar-refractivity contribution in [2.24, 2.45) is 0 Å². The average Bonchev–Trinajstić information content (AvgIpc) is 2.77. The molecule has 1 aromatic heterocycles. The number of nitro benzene ring substituents is 1. The van der Waals surface area contributed by atoms with Gasteiger partial charge in [0.25, 0.3) is 5.69 Å². The first-order valence-electron chi connectivity index (χ1n) is 5.60. The molecule has 94 valence electrons. The molecule has 0 radical (unpaired) electrons. The third-order valence-corrected chi connectivity index (χ3v) is 2.70. The van der Waals surface area contributed by atoms with Gasteiger partial charge in [-0.2, -0.15) is 0 Å². The summed E-state index contributed by atoms with van der Waals surface area (Å²) in [4.78, 5) is 10.3. The molecule has 0 aliphatic heterocycles. The van der Waals surface area contributed by atoms with Crippen LogP contribution < -0.4 is 5.32 Å². The number of benzene rings is 1. The Bertz CT molecular complexity index is 575. The van der Waals surface area contributed by atoms with Crippen molar-refractivity contribution < 1.29 is 9.34 Å². The number of aryl methyl sites for hydroxylation is 1. The highest BCUT2D eigenvalue weighted by Crippen LogP contribution is 2.28. The van der Waals surface area contributed by atoms with Crippen LogP contribution in [0.2, 0.25) is 0 Å². The maximum Gasteiger partial charge on any atom is 0.269 e. The molecule has 0 aliphatic carbocycles. The molecule has 1 N–H and O–H groups in total. The Morgan fingerprint density at radius 2 is 2.11 bits per heavy atom. The minimum atomic E-state index is -0.397. The van der Waals surface area contributed by atoms with Gasteiger partial charge in [-0.15, -0.1) is 0 Å². The lowest BCUT2D eigenvalue weighted by atomic mass is 10.1. The van der Waals surface area contributed by atoms with Crippen LogP contribution in [0.15, 0.2) is 34.7 Å². The van der Waals surface area contributed by atoms with Crippen LogP contribution in [0.5, 0.6) is 0 Å². The number of nitrogens with one attached hydrogen (secondary N) is 1. The summed E-state index contributed by atoms with van der Waals surface area (Å²) in [7, 11) is 1.85. The normalized spacial score (nSPS) is 10.6. The second-order valence-electron chi connectivity index (χ2n) is 4.05. The first-order valence-corrected chi connectivity index (χ1v) is 5.60. The Balaban J connectivity index is 2.35. The molecular formula is C13H14N2O3. The fourth-order valence-corrected chi connectivity index (χ4v) is 1.83. The largest absolute Gasteiger partial charge is 0.460 e. The molecule has 0 aliphatic rings. The molecule has 1 aromatic carbocycles. The lowest BCUT2D eigenvalue weighted by Crippen LogP contribution is -2.03. The highest BCUT2D eigenvalue weighted by Gasteiger charge is 2.11. The van der Waals surface area contributed by atoms with Gasteiger partial charge in [-0.1, -0.05) is 0 Å². The second-order valence-corrected chi connectivity index (χ2v) is 4.05. The zero-order chi connectivity index (χ0) is 13.1. The van der Waals surface area contributed by atoms with Gasteiger partial charge in [-0.3, -0.25) is 10.1 Å². The second kappa shape index (κ2) is 5.01. The van der Waals surface area contributed by atoms with Gasteiger partial charge in [0.15, 0.2) is 0 Å². The monoisotopic (exact) mass is 246 g/mol. The van der Waals surface area contributed by atoms with E-state index in [1.165, 1.54) is 6.07 Å². The third-order valence-electron chi connectivity index (χ3n) is 2.70. The van der Waals surface area contributed by atoms with Crippen LogP contribution in [-0.4, -0.2) is 12.0 Å². The first-order chi connectivity index (χ1) is 8.61. The van der Waals surface area contributed by atoms with E-state index in [0.29, 0.717) is 6.54 Å². The van der Waals surface area contributed by atoms with E-state index in [1.54, 1.807) is 12.1 Å². The van der Waals surface area contributed by atoms with Crippen molar-refractivity contribution >= 4 is 5.69 Å². The van der Waals surface area contributed by atoms with Crippen molar-refractivity contribution in [2.75, 3.05) is 7.05 Å². The number of rotatable bonds is 4. The molecule has 2 rings (SSSR count). The molecule has 0 unspecified atom stereocenters. The summed E-state index contributed by atoms with van der Waals surface area (Å²) in [5.74, 6) is 1.57. The van der Waals surface area contributed by atoms with E-state index >= 15 is 0 Å². The molecule has 18 heavy (non-hydrogen) atoms. The summed E-state index contributed by atoms with van der Waals surface area (Å²) in [6.07, 6.45) is 0. The van der Waals surface area contributed by atoms with Crippen molar-refractivity contribution in [3.8, 4) is 11.3 Å². The fourth-order valence-electron chi connectivity index (χ4n) is 1.83. The topological polar surface area (TPSA) is 68.3 Å².